The molecule has 0 unspecified atom stereocenters. The molecule has 0 radical (unpaired) electrons. The van der Waals surface area contributed by atoms with E-state index < -0.39 is 0 Å². The first-order valence-corrected chi connectivity index (χ1v) is 6.73. The van der Waals surface area contributed by atoms with Crippen molar-refractivity contribution in [3.8, 4) is 11.5 Å². The average molecular weight is 263 g/mol. The molecule has 2 rings (SSSR count). The molecule has 0 bridgehead atoms. The van der Waals surface area contributed by atoms with Crippen LogP contribution < -0.4 is 15.2 Å². The lowest BCUT2D eigenvalue weighted by molar-refractivity contribution is 0.298. The number of benzene rings is 1. The zero-order valence-corrected chi connectivity index (χ0v) is 11.2. The van der Waals surface area contributed by atoms with Gasteiger partial charge in [-0.3, -0.25) is 0 Å². The predicted molar refractivity (Wildman–Crippen MR) is 74.4 cm³/mol. The SMILES string of the molecule is COc1ccc(CN)cc1OCCc1cccs1. The van der Waals surface area contributed by atoms with Crippen molar-refractivity contribution in [3.63, 3.8) is 0 Å². The Bertz CT molecular complexity index is 483. The van der Waals surface area contributed by atoms with Crippen LogP contribution in [0.1, 0.15) is 10.4 Å². The largest absolute Gasteiger partial charge is 0.493 e. The lowest BCUT2D eigenvalue weighted by Crippen LogP contribution is -2.03. The van der Waals surface area contributed by atoms with Crippen LogP contribution in [0, 0.1) is 0 Å². The maximum absolute atomic E-state index is 5.77. The van der Waals surface area contributed by atoms with Crippen molar-refractivity contribution in [1.29, 1.82) is 0 Å². The molecule has 0 saturated heterocycles. The van der Waals surface area contributed by atoms with Crippen molar-refractivity contribution in [2.75, 3.05) is 13.7 Å². The maximum atomic E-state index is 5.77. The van der Waals surface area contributed by atoms with Crippen LogP contribution in [0.2, 0.25) is 0 Å². The molecule has 0 amide bonds. The van der Waals surface area contributed by atoms with Crippen molar-refractivity contribution in [3.05, 3.63) is 46.2 Å². The topological polar surface area (TPSA) is 44.5 Å². The Kier molecular flexibility index (Phi) is 4.61. The van der Waals surface area contributed by atoms with Crippen LogP contribution in [-0.4, -0.2) is 13.7 Å². The standard InChI is InChI=1S/C14H17NO2S/c1-16-13-5-4-11(10-15)9-14(13)17-7-6-12-3-2-8-18-12/h2-5,8-9H,6-7,10,15H2,1H3. The van der Waals surface area contributed by atoms with E-state index in [1.165, 1.54) is 4.88 Å². The van der Waals surface area contributed by atoms with E-state index in [-0.39, 0.29) is 0 Å². The molecular weight excluding hydrogens is 246 g/mol. The molecule has 0 saturated carbocycles. The molecule has 2 N–H and O–H groups in total. The van der Waals surface area contributed by atoms with E-state index in [4.69, 9.17) is 15.2 Å². The highest BCUT2D eigenvalue weighted by molar-refractivity contribution is 7.09. The summed E-state index contributed by atoms with van der Waals surface area (Å²) in [6.45, 7) is 1.15. The van der Waals surface area contributed by atoms with Crippen LogP contribution in [0.25, 0.3) is 0 Å². The fourth-order valence-electron chi connectivity index (χ4n) is 1.68. The van der Waals surface area contributed by atoms with Crippen molar-refractivity contribution >= 4 is 11.3 Å². The highest BCUT2D eigenvalue weighted by Crippen LogP contribution is 2.28. The number of rotatable bonds is 6. The smallest absolute Gasteiger partial charge is 0.161 e. The molecule has 0 aliphatic rings. The first-order valence-electron chi connectivity index (χ1n) is 5.85. The normalized spacial score (nSPS) is 10.3. The summed E-state index contributed by atoms with van der Waals surface area (Å²) in [5.74, 6) is 1.51. The van der Waals surface area contributed by atoms with Crippen molar-refractivity contribution in [1.82, 2.24) is 0 Å². The van der Waals surface area contributed by atoms with E-state index in [1.54, 1.807) is 18.4 Å². The first-order chi connectivity index (χ1) is 8.83. The third-order valence-corrected chi connectivity index (χ3v) is 3.59. The van der Waals surface area contributed by atoms with Gasteiger partial charge in [0.25, 0.3) is 0 Å². The van der Waals surface area contributed by atoms with Gasteiger partial charge in [-0.05, 0) is 29.1 Å². The molecule has 4 heteroatoms. The summed E-state index contributed by atoms with van der Waals surface area (Å²) < 4.78 is 11.0. The van der Waals surface area contributed by atoms with Crippen LogP contribution in [0.5, 0.6) is 11.5 Å². The molecule has 1 aromatic carbocycles. The average Bonchev–Trinajstić information content (AvgIpc) is 2.92. The number of hydrogen-bond acceptors (Lipinski definition) is 4. The lowest BCUT2D eigenvalue weighted by Gasteiger charge is -2.11. The second-order valence-electron chi connectivity index (χ2n) is 3.87. The molecule has 1 heterocycles. The zero-order chi connectivity index (χ0) is 12.8. The number of thiophene rings is 1. The van der Waals surface area contributed by atoms with Gasteiger partial charge in [0, 0.05) is 17.8 Å². The Balaban J connectivity index is 1.98. The van der Waals surface area contributed by atoms with E-state index in [2.05, 4.69) is 17.5 Å². The Morgan fingerprint density at radius 1 is 1.22 bits per heavy atom. The van der Waals surface area contributed by atoms with Gasteiger partial charge in [-0.15, -0.1) is 11.3 Å². The molecule has 0 aliphatic heterocycles. The quantitative estimate of drug-likeness (QED) is 0.871. The Hall–Kier alpha value is -1.52. The Morgan fingerprint density at radius 2 is 2.11 bits per heavy atom. The third-order valence-electron chi connectivity index (χ3n) is 2.65. The van der Waals surface area contributed by atoms with Crippen LogP contribution in [0.3, 0.4) is 0 Å². The minimum atomic E-state index is 0.505. The summed E-state index contributed by atoms with van der Waals surface area (Å²) >= 11 is 1.74. The minimum Gasteiger partial charge on any atom is -0.493 e. The summed E-state index contributed by atoms with van der Waals surface area (Å²) in [4.78, 5) is 1.32. The maximum Gasteiger partial charge on any atom is 0.161 e. The van der Waals surface area contributed by atoms with E-state index in [0.29, 0.717) is 13.2 Å². The van der Waals surface area contributed by atoms with E-state index in [9.17, 15) is 0 Å². The van der Waals surface area contributed by atoms with Gasteiger partial charge in [0.05, 0.1) is 13.7 Å². The fourth-order valence-corrected chi connectivity index (χ4v) is 2.37. The lowest BCUT2D eigenvalue weighted by atomic mass is 10.2. The Labute approximate surface area is 111 Å². The van der Waals surface area contributed by atoms with Gasteiger partial charge in [0.15, 0.2) is 11.5 Å². The van der Waals surface area contributed by atoms with E-state index >= 15 is 0 Å². The molecule has 2 aromatic rings. The molecule has 0 fully saturated rings. The minimum absolute atomic E-state index is 0.505. The second kappa shape index (κ2) is 6.42. The number of hydrogen-bond donors (Lipinski definition) is 1. The first kappa shape index (κ1) is 12.9. The number of ether oxygens (including phenoxy) is 2. The van der Waals surface area contributed by atoms with Gasteiger partial charge in [0.2, 0.25) is 0 Å². The second-order valence-corrected chi connectivity index (χ2v) is 4.90. The fraction of sp³-hybridized carbons (Fsp3) is 0.286. The van der Waals surface area contributed by atoms with Gasteiger partial charge in [-0.2, -0.15) is 0 Å². The van der Waals surface area contributed by atoms with Crippen molar-refractivity contribution in [2.45, 2.75) is 13.0 Å². The number of nitrogens with two attached hydrogens (primary N) is 1. The molecule has 0 spiro atoms. The Morgan fingerprint density at radius 3 is 2.78 bits per heavy atom. The van der Waals surface area contributed by atoms with Gasteiger partial charge in [0.1, 0.15) is 0 Å². The van der Waals surface area contributed by atoms with Gasteiger partial charge in [-0.1, -0.05) is 12.1 Å². The summed E-state index contributed by atoms with van der Waals surface area (Å²) in [5, 5.41) is 2.07. The van der Waals surface area contributed by atoms with E-state index in [1.807, 2.05) is 18.2 Å². The number of methoxy groups -OCH3 is 1. The van der Waals surface area contributed by atoms with Crippen LogP contribution in [-0.2, 0) is 13.0 Å². The third kappa shape index (κ3) is 3.24. The van der Waals surface area contributed by atoms with Crippen LogP contribution in [0.15, 0.2) is 35.7 Å². The summed E-state index contributed by atoms with van der Waals surface area (Å²) in [5.41, 5.74) is 6.66. The molecule has 3 nitrogen and oxygen atoms in total. The van der Waals surface area contributed by atoms with Crippen molar-refractivity contribution in [2.24, 2.45) is 5.73 Å². The summed E-state index contributed by atoms with van der Waals surface area (Å²) in [7, 11) is 1.64. The molecule has 18 heavy (non-hydrogen) atoms. The molecule has 1 aromatic heterocycles. The van der Waals surface area contributed by atoms with Crippen LogP contribution >= 0.6 is 11.3 Å². The van der Waals surface area contributed by atoms with Gasteiger partial charge in [-0.25, -0.2) is 0 Å². The molecule has 96 valence electrons. The van der Waals surface area contributed by atoms with Gasteiger partial charge >= 0.3 is 0 Å². The summed E-state index contributed by atoms with van der Waals surface area (Å²) in [6, 6.07) is 9.94. The van der Waals surface area contributed by atoms with Crippen LogP contribution in [0.4, 0.5) is 0 Å². The predicted octanol–water partition coefficient (Wildman–Crippen LogP) is 2.84. The highest BCUT2D eigenvalue weighted by atomic mass is 32.1. The molecule has 0 atom stereocenters. The van der Waals surface area contributed by atoms with E-state index in [0.717, 1.165) is 23.5 Å². The molecular formula is C14H17NO2S. The monoisotopic (exact) mass is 263 g/mol. The highest BCUT2D eigenvalue weighted by Gasteiger charge is 2.05. The zero-order valence-electron chi connectivity index (χ0n) is 10.4. The van der Waals surface area contributed by atoms with Gasteiger partial charge < -0.3 is 15.2 Å². The molecule has 0 aliphatic carbocycles. The summed E-state index contributed by atoms with van der Waals surface area (Å²) in [6.07, 6.45) is 0.910. The van der Waals surface area contributed by atoms with Crippen molar-refractivity contribution < 1.29 is 9.47 Å².